The number of hydrogen-bond acceptors (Lipinski definition) is 1. The van der Waals surface area contributed by atoms with Gasteiger partial charge >= 0.3 is 0 Å². The second-order valence-corrected chi connectivity index (χ2v) is 9.93. The molecule has 0 fully saturated rings. The van der Waals surface area contributed by atoms with Gasteiger partial charge in [0.25, 0.3) is 0 Å². The van der Waals surface area contributed by atoms with Crippen LogP contribution in [0.25, 0.3) is 0 Å². The quantitative estimate of drug-likeness (QED) is 0.141. The van der Waals surface area contributed by atoms with Gasteiger partial charge in [-0.15, -0.1) is 0 Å². The molecule has 2 nitrogen and oxygen atoms in total. The minimum atomic E-state index is 0.259. The summed E-state index contributed by atoms with van der Waals surface area (Å²) in [5, 5.41) is 3.16. The summed E-state index contributed by atoms with van der Waals surface area (Å²) in [5.74, 6) is 0.586. The van der Waals surface area contributed by atoms with Crippen LogP contribution in [0.15, 0.2) is 0 Å². The van der Waals surface area contributed by atoms with Gasteiger partial charge in [0.2, 0.25) is 5.91 Å². The summed E-state index contributed by atoms with van der Waals surface area (Å²) in [7, 11) is 0. The van der Waals surface area contributed by atoms with Gasteiger partial charge in [-0.1, -0.05) is 149 Å². The Morgan fingerprint density at radius 2 is 0.806 bits per heavy atom. The maximum Gasteiger partial charge on any atom is 0.223 e. The van der Waals surface area contributed by atoms with Gasteiger partial charge in [0.1, 0.15) is 0 Å². The number of carbonyl (C=O) groups is 1. The first-order chi connectivity index (χ1) is 15.3. The summed E-state index contributed by atoms with van der Waals surface area (Å²) in [6, 6.07) is 0. The van der Waals surface area contributed by atoms with Crippen molar-refractivity contribution < 1.29 is 4.79 Å². The lowest BCUT2D eigenvalue weighted by Crippen LogP contribution is -2.31. The molecule has 31 heavy (non-hydrogen) atoms. The van der Waals surface area contributed by atoms with E-state index in [1.165, 1.54) is 128 Å². The second kappa shape index (κ2) is 25.7. The average Bonchev–Trinajstić information content (AvgIpc) is 2.78. The molecule has 0 heterocycles. The van der Waals surface area contributed by atoms with Gasteiger partial charge in [-0.25, -0.2) is 0 Å². The Labute approximate surface area is 197 Å². The summed E-state index contributed by atoms with van der Waals surface area (Å²) in [4.78, 5) is 12.6. The third kappa shape index (κ3) is 22.5. The van der Waals surface area contributed by atoms with Gasteiger partial charge in [-0.2, -0.15) is 0 Å². The minimum Gasteiger partial charge on any atom is -0.356 e. The molecule has 0 saturated heterocycles. The van der Waals surface area contributed by atoms with E-state index in [1.54, 1.807) is 0 Å². The number of amides is 1. The van der Waals surface area contributed by atoms with E-state index in [4.69, 9.17) is 0 Å². The van der Waals surface area contributed by atoms with Crippen molar-refractivity contribution in [1.29, 1.82) is 0 Å². The molecule has 0 radical (unpaired) electrons. The van der Waals surface area contributed by atoms with Crippen LogP contribution in [0.5, 0.6) is 0 Å². The van der Waals surface area contributed by atoms with Crippen LogP contribution in [-0.4, -0.2) is 12.5 Å². The maximum absolute atomic E-state index is 12.6. The molecule has 0 aromatic rings. The first-order valence-corrected chi connectivity index (χ1v) is 14.5. The van der Waals surface area contributed by atoms with E-state index in [0.717, 1.165) is 25.8 Å². The van der Waals surface area contributed by atoms with E-state index in [2.05, 4.69) is 26.1 Å². The Kier molecular flexibility index (Phi) is 25.3. The van der Waals surface area contributed by atoms with Crippen molar-refractivity contribution in [2.45, 2.75) is 168 Å². The largest absolute Gasteiger partial charge is 0.356 e. The SMILES string of the molecule is CCCCCCCCCCCCC(CCCCCCCCCCCC)C(=O)NCCC. The van der Waals surface area contributed by atoms with Gasteiger partial charge in [-0.3, -0.25) is 4.79 Å². The highest BCUT2D eigenvalue weighted by Crippen LogP contribution is 2.20. The zero-order valence-corrected chi connectivity index (χ0v) is 22.0. The average molecular weight is 438 g/mol. The molecule has 1 N–H and O–H groups in total. The number of carbonyl (C=O) groups excluding carboxylic acids is 1. The van der Waals surface area contributed by atoms with Crippen molar-refractivity contribution in [2.24, 2.45) is 5.92 Å². The second-order valence-electron chi connectivity index (χ2n) is 9.93. The lowest BCUT2D eigenvalue weighted by molar-refractivity contribution is -0.125. The predicted octanol–water partition coefficient (Wildman–Crippen LogP) is 9.75. The van der Waals surface area contributed by atoms with Crippen molar-refractivity contribution in [3.8, 4) is 0 Å². The highest BCUT2D eigenvalue weighted by atomic mass is 16.1. The third-order valence-electron chi connectivity index (χ3n) is 6.73. The van der Waals surface area contributed by atoms with Crippen LogP contribution >= 0.6 is 0 Å². The lowest BCUT2D eigenvalue weighted by Gasteiger charge is -2.16. The van der Waals surface area contributed by atoms with Crippen LogP contribution in [-0.2, 0) is 4.79 Å². The Balaban J connectivity index is 3.80. The first-order valence-electron chi connectivity index (χ1n) is 14.5. The van der Waals surface area contributed by atoms with Crippen molar-refractivity contribution in [1.82, 2.24) is 5.32 Å². The molecule has 0 atom stereocenters. The van der Waals surface area contributed by atoms with Crippen LogP contribution < -0.4 is 5.32 Å². The van der Waals surface area contributed by atoms with E-state index in [9.17, 15) is 4.79 Å². The topological polar surface area (TPSA) is 29.1 Å². The van der Waals surface area contributed by atoms with Gasteiger partial charge in [0.15, 0.2) is 0 Å². The van der Waals surface area contributed by atoms with E-state index in [-0.39, 0.29) is 5.92 Å². The molecule has 1 amide bonds. The Morgan fingerprint density at radius 3 is 1.13 bits per heavy atom. The van der Waals surface area contributed by atoms with Gasteiger partial charge in [0.05, 0.1) is 0 Å². The molecular formula is C29H59NO. The normalized spacial score (nSPS) is 11.4. The summed E-state index contributed by atoms with van der Waals surface area (Å²) in [6.45, 7) is 7.55. The molecule has 0 rings (SSSR count). The molecule has 0 aliphatic carbocycles. The number of rotatable bonds is 25. The zero-order chi connectivity index (χ0) is 22.8. The fraction of sp³-hybridized carbons (Fsp3) is 0.966. The van der Waals surface area contributed by atoms with E-state index < -0.39 is 0 Å². The smallest absolute Gasteiger partial charge is 0.223 e. The molecular weight excluding hydrogens is 378 g/mol. The number of nitrogens with one attached hydrogen (secondary N) is 1. The van der Waals surface area contributed by atoms with E-state index in [1.807, 2.05) is 0 Å². The van der Waals surface area contributed by atoms with Crippen LogP contribution in [0, 0.1) is 5.92 Å². The molecule has 2 heteroatoms. The molecule has 186 valence electrons. The summed E-state index contributed by atoms with van der Waals surface area (Å²) in [5.41, 5.74) is 0. The first kappa shape index (κ1) is 30.5. The van der Waals surface area contributed by atoms with Crippen molar-refractivity contribution in [3.05, 3.63) is 0 Å². The van der Waals surface area contributed by atoms with Crippen LogP contribution in [0.3, 0.4) is 0 Å². The number of hydrogen-bond donors (Lipinski definition) is 1. The highest BCUT2D eigenvalue weighted by molar-refractivity contribution is 5.78. The van der Waals surface area contributed by atoms with Crippen LogP contribution in [0.2, 0.25) is 0 Å². The molecule has 0 aromatic heterocycles. The Hall–Kier alpha value is -0.530. The summed E-state index contributed by atoms with van der Waals surface area (Å²) < 4.78 is 0. The van der Waals surface area contributed by atoms with Crippen molar-refractivity contribution in [2.75, 3.05) is 6.54 Å². The molecule has 0 aliphatic heterocycles. The van der Waals surface area contributed by atoms with E-state index in [0.29, 0.717) is 5.91 Å². The highest BCUT2D eigenvalue weighted by Gasteiger charge is 2.17. The summed E-state index contributed by atoms with van der Waals surface area (Å²) in [6.07, 6.45) is 30.6. The Bertz CT molecular complexity index is 331. The molecule has 0 unspecified atom stereocenters. The van der Waals surface area contributed by atoms with Crippen LogP contribution in [0.1, 0.15) is 168 Å². The predicted molar refractivity (Wildman–Crippen MR) is 140 cm³/mol. The Morgan fingerprint density at radius 1 is 0.484 bits per heavy atom. The van der Waals surface area contributed by atoms with Crippen molar-refractivity contribution >= 4 is 5.91 Å². The molecule has 0 aliphatic rings. The van der Waals surface area contributed by atoms with Crippen LogP contribution in [0.4, 0.5) is 0 Å². The minimum absolute atomic E-state index is 0.259. The number of unbranched alkanes of at least 4 members (excludes halogenated alkanes) is 18. The lowest BCUT2D eigenvalue weighted by atomic mass is 9.93. The zero-order valence-electron chi connectivity index (χ0n) is 22.0. The molecule has 0 bridgehead atoms. The van der Waals surface area contributed by atoms with Crippen molar-refractivity contribution in [3.63, 3.8) is 0 Å². The standard InChI is InChI=1S/C29H59NO/c1-4-7-9-11-13-15-17-19-21-23-25-28(29(31)30-27-6-3)26-24-22-20-18-16-14-12-10-8-5-2/h28H,4-27H2,1-3H3,(H,30,31). The molecule has 0 spiro atoms. The van der Waals surface area contributed by atoms with Gasteiger partial charge in [0, 0.05) is 12.5 Å². The van der Waals surface area contributed by atoms with Gasteiger partial charge in [-0.05, 0) is 19.3 Å². The maximum atomic E-state index is 12.6. The fourth-order valence-electron chi connectivity index (χ4n) is 4.56. The van der Waals surface area contributed by atoms with E-state index >= 15 is 0 Å². The van der Waals surface area contributed by atoms with Gasteiger partial charge < -0.3 is 5.32 Å². The summed E-state index contributed by atoms with van der Waals surface area (Å²) >= 11 is 0. The monoisotopic (exact) mass is 437 g/mol. The third-order valence-corrected chi connectivity index (χ3v) is 6.73. The molecule has 0 aromatic carbocycles. The molecule has 0 saturated carbocycles. The fourth-order valence-corrected chi connectivity index (χ4v) is 4.56.